The molecule has 0 amide bonds. The van der Waals surface area contributed by atoms with E-state index in [1.54, 1.807) is 0 Å². The fraction of sp³-hybridized carbons (Fsp3) is 0.667. The van der Waals surface area contributed by atoms with Crippen LogP contribution < -0.4 is 0 Å². The van der Waals surface area contributed by atoms with E-state index >= 15 is 0 Å². The summed E-state index contributed by atoms with van der Waals surface area (Å²) in [6.45, 7) is 0. The van der Waals surface area contributed by atoms with E-state index in [0.29, 0.717) is 0 Å². The highest BCUT2D eigenvalue weighted by molar-refractivity contribution is 4.98. The minimum absolute atomic E-state index is 3.33. The lowest BCUT2D eigenvalue weighted by molar-refractivity contribution is -0.211. The topological polar surface area (TPSA) is 0 Å². The van der Waals surface area contributed by atoms with Crippen molar-refractivity contribution >= 4 is 0 Å². The maximum Gasteiger partial charge on any atom is 0.448 e. The molecule has 0 bridgehead atoms. The van der Waals surface area contributed by atoms with Crippen molar-refractivity contribution in [1.29, 1.82) is 0 Å². The zero-order valence-corrected chi connectivity index (χ0v) is 7.69. The Labute approximate surface area is 90.9 Å². The van der Waals surface area contributed by atoms with Crippen molar-refractivity contribution in [2.75, 3.05) is 0 Å². The van der Waals surface area contributed by atoms with Crippen molar-refractivity contribution in [3.05, 3.63) is 11.9 Å². The molecule has 0 saturated heterocycles. The molecule has 1 unspecified atom stereocenters. The van der Waals surface area contributed by atoms with Gasteiger partial charge in [-0.15, -0.1) is 0 Å². The Morgan fingerprint density at radius 2 is 1.06 bits per heavy atom. The summed E-state index contributed by atoms with van der Waals surface area (Å²) in [7, 11) is 0. The molecule has 0 aromatic rings. The number of hydrogen-bond donors (Lipinski definition) is 0. The van der Waals surface area contributed by atoms with Crippen molar-refractivity contribution < 1.29 is 52.7 Å². The molecule has 0 spiro atoms. The molecule has 0 aliphatic carbocycles. The van der Waals surface area contributed by atoms with Crippen LogP contribution in [0.5, 0.6) is 0 Å². The van der Waals surface area contributed by atoms with E-state index in [9.17, 15) is 52.7 Å². The zero-order valence-electron chi connectivity index (χ0n) is 7.69. The van der Waals surface area contributed by atoms with Crippen LogP contribution >= 0.6 is 0 Å². The van der Waals surface area contributed by atoms with Crippen molar-refractivity contribution in [1.82, 2.24) is 0 Å². The Morgan fingerprint density at radius 1 is 0.722 bits per heavy atom. The van der Waals surface area contributed by atoms with E-state index < -0.39 is 36.9 Å². The lowest BCUT2D eigenvalue weighted by atomic mass is 10.4. The Morgan fingerprint density at radius 3 is 1.06 bits per heavy atom. The van der Waals surface area contributed by atoms with Gasteiger partial charge < -0.3 is 0 Å². The molecular formula is C6H2F12. The first-order valence-electron chi connectivity index (χ1n) is 3.48. The SMILES string of the molecule is FC(F)=C(F)C(F)(F)F.FC(F)C(F)C(F)(F)F. The molecule has 0 fully saturated rings. The van der Waals surface area contributed by atoms with Gasteiger partial charge in [-0.3, -0.25) is 0 Å². The number of halogens is 12. The second-order valence-corrected chi connectivity index (χ2v) is 2.35. The molecule has 110 valence electrons. The molecule has 0 aromatic carbocycles. The molecule has 0 aliphatic heterocycles. The average Bonchev–Trinajstić information content (AvgIpc) is 2.13. The average molecular weight is 302 g/mol. The molecule has 0 nitrogen and oxygen atoms in total. The van der Waals surface area contributed by atoms with E-state index in [1.165, 1.54) is 0 Å². The third-order valence-corrected chi connectivity index (χ3v) is 0.949. The summed E-state index contributed by atoms with van der Waals surface area (Å²) in [5.74, 6) is -3.33. The van der Waals surface area contributed by atoms with Gasteiger partial charge in [-0.1, -0.05) is 0 Å². The highest BCUT2D eigenvalue weighted by Crippen LogP contribution is 2.29. The molecule has 0 aliphatic rings. The normalized spacial score (nSPS) is 13.8. The van der Waals surface area contributed by atoms with E-state index in [-0.39, 0.29) is 0 Å². The first-order chi connectivity index (χ1) is 7.71. The highest BCUT2D eigenvalue weighted by Gasteiger charge is 2.46. The zero-order chi connectivity index (χ0) is 15.3. The first-order valence-corrected chi connectivity index (χ1v) is 3.48. The van der Waals surface area contributed by atoms with Gasteiger partial charge in [0.05, 0.1) is 0 Å². The van der Waals surface area contributed by atoms with Crippen LogP contribution in [0.3, 0.4) is 0 Å². The van der Waals surface area contributed by atoms with Crippen LogP contribution in [0.25, 0.3) is 0 Å². The van der Waals surface area contributed by atoms with E-state index in [1.807, 2.05) is 0 Å². The molecule has 1 atom stereocenters. The second-order valence-electron chi connectivity index (χ2n) is 2.35. The summed E-state index contributed by atoms with van der Waals surface area (Å²) < 4.78 is 130. The van der Waals surface area contributed by atoms with Crippen molar-refractivity contribution in [3.63, 3.8) is 0 Å². The largest absolute Gasteiger partial charge is 0.448 e. The van der Waals surface area contributed by atoms with Crippen LogP contribution in [-0.2, 0) is 0 Å². The summed E-state index contributed by atoms with van der Waals surface area (Å²) in [5.41, 5.74) is 0. The second kappa shape index (κ2) is 6.73. The predicted molar refractivity (Wildman–Crippen MR) is 33.4 cm³/mol. The summed E-state index contributed by atoms with van der Waals surface area (Å²) >= 11 is 0. The van der Waals surface area contributed by atoms with E-state index in [0.717, 1.165) is 0 Å². The summed E-state index contributed by atoms with van der Waals surface area (Å²) in [5, 5.41) is 0. The number of rotatable bonds is 1. The van der Waals surface area contributed by atoms with Gasteiger partial charge in [0.15, 0.2) is 0 Å². The van der Waals surface area contributed by atoms with Crippen LogP contribution in [0.1, 0.15) is 0 Å². The molecule has 0 radical (unpaired) electrons. The maximum atomic E-state index is 11.2. The first kappa shape index (κ1) is 19.2. The van der Waals surface area contributed by atoms with Gasteiger partial charge in [-0.05, 0) is 0 Å². The van der Waals surface area contributed by atoms with Gasteiger partial charge in [0, 0.05) is 0 Å². The van der Waals surface area contributed by atoms with E-state index in [2.05, 4.69) is 0 Å². The lowest BCUT2D eigenvalue weighted by Gasteiger charge is -2.09. The number of allylic oxidation sites excluding steroid dienone is 1. The van der Waals surface area contributed by atoms with Crippen LogP contribution in [0.15, 0.2) is 11.9 Å². The van der Waals surface area contributed by atoms with Crippen molar-refractivity contribution in [2.45, 2.75) is 24.9 Å². The minimum atomic E-state index is -5.56. The van der Waals surface area contributed by atoms with Crippen molar-refractivity contribution in [3.8, 4) is 0 Å². The predicted octanol–water partition coefficient (Wildman–Crippen LogP) is 4.78. The van der Waals surface area contributed by atoms with Gasteiger partial charge in [0.25, 0.3) is 18.4 Å². The van der Waals surface area contributed by atoms with Crippen LogP contribution in [0.2, 0.25) is 0 Å². The third kappa shape index (κ3) is 8.06. The molecule has 12 heteroatoms. The van der Waals surface area contributed by atoms with Gasteiger partial charge in [-0.25, -0.2) is 13.2 Å². The Balaban J connectivity index is 0. The van der Waals surface area contributed by atoms with Crippen molar-refractivity contribution in [2.24, 2.45) is 0 Å². The highest BCUT2D eigenvalue weighted by atomic mass is 19.4. The third-order valence-electron chi connectivity index (χ3n) is 0.949. The lowest BCUT2D eigenvalue weighted by Crippen LogP contribution is -2.30. The monoisotopic (exact) mass is 302 g/mol. The van der Waals surface area contributed by atoms with Gasteiger partial charge in [-0.2, -0.15) is 39.5 Å². The molecule has 0 rings (SSSR count). The Hall–Kier alpha value is -1.10. The maximum absolute atomic E-state index is 11.2. The number of hydrogen-bond acceptors (Lipinski definition) is 0. The summed E-state index contributed by atoms with van der Waals surface area (Å²) in [4.78, 5) is 0. The molecule has 0 heterocycles. The molecule has 0 N–H and O–H groups in total. The standard InChI is InChI=1S/C3H2F6.C3F6/c2*4-1(2(5)6)3(7,8)9/h1-2H;. The molecule has 18 heavy (non-hydrogen) atoms. The summed E-state index contributed by atoms with van der Waals surface area (Å²) in [6.07, 6.45) is -22.3. The number of alkyl halides is 9. The van der Waals surface area contributed by atoms with E-state index in [4.69, 9.17) is 0 Å². The quantitative estimate of drug-likeness (QED) is 0.612. The fourth-order valence-corrected chi connectivity index (χ4v) is 0.250. The Bertz CT molecular complexity index is 265. The summed E-state index contributed by atoms with van der Waals surface area (Å²) in [6, 6.07) is 0. The van der Waals surface area contributed by atoms with Crippen LogP contribution in [-0.4, -0.2) is 24.9 Å². The van der Waals surface area contributed by atoms with Crippen LogP contribution in [0, 0.1) is 0 Å². The van der Waals surface area contributed by atoms with Gasteiger partial charge >= 0.3 is 18.4 Å². The molecule has 0 saturated carbocycles. The van der Waals surface area contributed by atoms with Crippen LogP contribution in [0.4, 0.5) is 52.7 Å². The van der Waals surface area contributed by atoms with Gasteiger partial charge in [0.1, 0.15) is 0 Å². The molecule has 0 aromatic heterocycles. The fourth-order valence-electron chi connectivity index (χ4n) is 0.250. The smallest absolute Gasteiger partial charge is 0.231 e. The minimum Gasteiger partial charge on any atom is -0.231 e. The Kier molecular flexibility index (Phi) is 7.20. The molecular weight excluding hydrogens is 300 g/mol. The van der Waals surface area contributed by atoms with Gasteiger partial charge in [0.2, 0.25) is 0 Å².